The summed E-state index contributed by atoms with van der Waals surface area (Å²) in [6.45, 7) is -0.984. The van der Waals surface area contributed by atoms with Gasteiger partial charge in [0.2, 0.25) is 5.43 Å². The van der Waals surface area contributed by atoms with Crippen LogP contribution in [0.25, 0.3) is 0 Å². The van der Waals surface area contributed by atoms with E-state index in [1.54, 1.807) is 19.2 Å². The fourth-order valence-corrected chi connectivity index (χ4v) is 4.42. The maximum atomic E-state index is 12.8. The lowest BCUT2D eigenvalue weighted by Gasteiger charge is -2.56. The van der Waals surface area contributed by atoms with Gasteiger partial charge in [0.25, 0.3) is 5.91 Å². The maximum Gasteiger partial charge on any atom is 0.387 e. The molecule has 2 atom stereocenters. The Morgan fingerprint density at radius 1 is 1.28 bits per heavy atom. The number of carbonyl (C=O) groups is 1. The van der Waals surface area contributed by atoms with Crippen LogP contribution in [0.2, 0.25) is 0 Å². The molecule has 1 aromatic heterocycles. The van der Waals surface area contributed by atoms with Gasteiger partial charge in [-0.25, -0.2) is 0 Å². The van der Waals surface area contributed by atoms with Crippen molar-refractivity contribution >= 4 is 5.91 Å². The second-order valence-corrected chi connectivity index (χ2v) is 7.54. The van der Waals surface area contributed by atoms with Crippen molar-refractivity contribution in [3.8, 4) is 11.5 Å². The van der Waals surface area contributed by atoms with Crippen molar-refractivity contribution in [1.82, 2.24) is 9.58 Å². The highest BCUT2D eigenvalue weighted by atomic mass is 19.3. The van der Waals surface area contributed by atoms with E-state index in [4.69, 9.17) is 0 Å². The molecule has 1 aromatic carbocycles. The van der Waals surface area contributed by atoms with Crippen LogP contribution in [0.1, 0.15) is 42.2 Å². The molecular weight excluding hydrogens is 384 g/mol. The van der Waals surface area contributed by atoms with Crippen molar-refractivity contribution in [2.45, 2.75) is 44.5 Å². The number of hydrogen-bond acceptors (Lipinski definition) is 5. The average Bonchev–Trinajstić information content (AvgIpc) is 2.68. The van der Waals surface area contributed by atoms with Crippen LogP contribution in [0.15, 0.2) is 41.3 Å². The molecule has 29 heavy (non-hydrogen) atoms. The number of nitrogens with zero attached hydrogens (tertiary/aromatic N) is 3. The Morgan fingerprint density at radius 3 is 2.76 bits per heavy atom. The summed E-state index contributed by atoms with van der Waals surface area (Å²) < 4.78 is 31.5. The first-order valence-corrected chi connectivity index (χ1v) is 9.31. The number of alkyl halides is 2. The smallest absolute Gasteiger partial charge is 0.387 e. The average molecular weight is 405 g/mol. The normalized spacial score (nSPS) is 23.8. The SMILES string of the molecule is CN1C(=O)c2c(O)c(=O)ccn2N2C1CCCC2(C)c1cccc(OC(F)F)c1. The minimum absolute atomic E-state index is 0.0465. The van der Waals surface area contributed by atoms with E-state index in [0.29, 0.717) is 12.8 Å². The van der Waals surface area contributed by atoms with E-state index in [2.05, 4.69) is 4.74 Å². The second kappa shape index (κ2) is 6.75. The Morgan fingerprint density at radius 2 is 2.03 bits per heavy atom. The predicted octanol–water partition coefficient (Wildman–Crippen LogP) is 2.60. The third-order valence-electron chi connectivity index (χ3n) is 5.85. The monoisotopic (exact) mass is 405 g/mol. The number of fused-ring (bicyclic) bond motifs is 3. The number of aromatic hydroxyl groups is 1. The molecule has 154 valence electrons. The van der Waals surface area contributed by atoms with Gasteiger partial charge in [0.1, 0.15) is 11.9 Å². The van der Waals surface area contributed by atoms with Gasteiger partial charge >= 0.3 is 6.61 Å². The van der Waals surface area contributed by atoms with E-state index >= 15 is 0 Å². The highest BCUT2D eigenvalue weighted by molar-refractivity contribution is 5.96. The number of piperidine rings is 1. The lowest BCUT2D eigenvalue weighted by molar-refractivity contribution is -0.0499. The summed E-state index contributed by atoms with van der Waals surface area (Å²) in [5.41, 5.74) is -0.714. The summed E-state index contributed by atoms with van der Waals surface area (Å²) in [6, 6.07) is 7.69. The molecule has 2 aromatic rings. The minimum Gasteiger partial charge on any atom is -0.502 e. The number of halogens is 2. The van der Waals surface area contributed by atoms with Gasteiger partial charge in [-0.15, -0.1) is 0 Å². The molecule has 1 N–H and O–H groups in total. The molecular formula is C20H21F2N3O4. The highest BCUT2D eigenvalue weighted by Gasteiger charge is 2.48. The molecule has 0 aliphatic carbocycles. The molecule has 2 unspecified atom stereocenters. The van der Waals surface area contributed by atoms with Crippen molar-refractivity contribution in [3.63, 3.8) is 0 Å². The molecule has 0 bridgehead atoms. The Labute approximate surface area is 165 Å². The van der Waals surface area contributed by atoms with Crippen molar-refractivity contribution < 1.29 is 23.4 Å². The molecule has 2 aliphatic heterocycles. The molecule has 4 rings (SSSR count). The third kappa shape index (κ3) is 2.92. The Hall–Kier alpha value is -3.10. The number of pyridine rings is 1. The van der Waals surface area contributed by atoms with Gasteiger partial charge < -0.3 is 14.7 Å². The van der Waals surface area contributed by atoms with Crippen LogP contribution >= 0.6 is 0 Å². The van der Waals surface area contributed by atoms with Gasteiger partial charge in [-0.3, -0.25) is 19.3 Å². The zero-order valence-corrected chi connectivity index (χ0v) is 16.0. The standard InChI is InChI=1S/C20H21F2N3O4/c1-20(12-5-3-6-13(11-12)29-19(21)22)9-4-7-15-23(2)18(28)16-17(27)14(26)8-10-24(16)25(15)20/h3,5-6,8,10-11,15,19,27H,4,7,9H2,1-2H3. The number of hydrogen-bond donors (Lipinski definition) is 1. The number of carbonyl (C=O) groups excluding carboxylic acids is 1. The van der Waals surface area contributed by atoms with Gasteiger partial charge in [-0.2, -0.15) is 8.78 Å². The first kappa shape index (κ1) is 19.2. The molecule has 0 saturated carbocycles. The predicted molar refractivity (Wildman–Crippen MR) is 101 cm³/mol. The fraction of sp³-hybridized carbons (Fsp3) is 0.400. The number of rotatable bonds is 3. The summed E-state index contributed by atoms with van der Waals surface area (Å²) in [5, 5.41) is 12.2. The largest absolute Gasteiger partial charge is 0.502 e. The second-order valence-electron chi connectivity index (χ2n) is 7.54. The molecule has 2 aliphatic rings. The maximum absolute atomic E-state index is 12.8. The summed E-state index contributed by atoms with van der Waals surface area (Å²) in [7, 11) is 1.63. The van der Waals surface area contributed by atoms with E-state index < -0.39 is 29.2 Å². The topological polar surface area (TPSA) is 75.0 Å². The number of amides is 1. The lowest BCUT2D eigenvalue weighted by Crippen LogP contribution is -2.68. The van der Waals surface area contributed by atoms with Crippen LogP contribution in [0.5, 0.6) is 11.5 Å². The molecule has 0 radical (unpaired) electrons. The fourth-order valence-electron chi connectivity index (χ4n) is 4.42. The highest BCUT2D eigenvalue weighted by Crippen LogP contribution is 2.43. The van der Waals surface area contributed by atoms with Crippen LogP contribution in [-0.4, -0.2) is 40.4 Å². The molecule has 9 heteroatoms. The zero-order valence-electron chi connectivity index (χ0n) is 16.0. The van der Waals surface area contributed by atoms with Crippen LogP contribution in [0.4, 0.5) is 8.78 Å². The summed E-state index contributed by atoms with van der Waals surface area (Å²) in [6.07, 6.45) is 3.32. The van der Waals surface area contributed by atoms with E-state index in [0.717, 1.165) is 12.0 Å². The van der Waals surface area contributed by atoms with Crippen LogP contribution in [0.3, 0.4) is 0 Å². The van der Waals surface area contributed by atoms with Crippen molar-refractivity contribution in [2.75, 3.05) is 12.1 Å². The molecule has 1 saturated heterocycles. The Kier molecular flexibility index (Phi) is 4.48. The summed E-state index contributed by atoms with van der Waals surface area (Å²) in [5.74, 6) is -1.00. The van der Waals surface area contributed by atoms with E-state index in [1.165, 1.54) is 27.9 Å². The van der Waals surface area contributed by atoms with Crippen LogP contribution in [0, 0.1) is 0 Å². The van der Waals surface area contributed by atoms with E-state index in [-0.39, 0.29) is 17.6 Å². The summed E-state index contributed by atoms with van der Waals surface area (Å²) >= 11 is 0. The first-order chi connectivity index (χ1) is 13.7. The Bertz CT molecular complexity index is 1030. The van der Waals surface area contributed by atoms with Gasteiger partial charge in [-0.1, -0.05) is 12.1 Å². The van der Waals surface area contributed by atoms with Crippen molar-refractivity contribution in [2.24, 2.45) is 0 Å². The van der Waals surface area contributed by atoms with Gasteiger partial charge in [0, 0.05) is 19.3 Å². The van der Waals surface area contributed by atoms with E-state index in [9.17, 15) is 23.5 Å². The quantitative estimate of drug-likeness (QED) is 0.850. The summed E-state index contributed by atoms with van der Waals surface area (Å²) in [4.78, 5) is 26.3. The number of ether oxygens (including phenoxy) is 1. The van der Waals surface area contributed by atoms with Gasteiger partial charge in [0.05, 0.1) is 5.54 Å². The van der Waals surface area contributed by atoms with Crippen molar-refractivity contribution in [3.05, 3.63) is 58.0 Å². The molecule has 3 heterocycles. The van der Waals surface area contributed by atoms with Crippen LogP contribution in [-0.2, 0) is 5.54 Å². The molecule has 7 nitrogen and oxygen atoms in total. The van der Waals surface area contributed by atoms with Crippen LogP contribution < -0.4 is 15.2 Å². The van der Waals surface area contributed by atoms with Crippen molar-refractivity contribution in [1.29, 1.82) is 0 Å². The van der Waals surface area contributed by atoms with E-state index in [1.807, 2.05) is 18.0 Å². The lowest BCUT2D eigenvalue weighted by atomic mass is 9.81. The first-order valence-electron chi connectivity index (χ1n) is 9.31. The third-order valence-corrected chi connectivity index (χ3v) is 5.85. The Balaban J connectivity index is 1.89. The molecule has 0 spiro atoms. The van der Waals surface area contributed by atoms with Gasteiger partial charge in [-0.05, 0) is 43.9 Å². The number of benzene rings is 1. The van der Waals surface area contributed by atoms with Gasteiger partial charge in [0.15, 0.2) is 11.4 Å². The molecule has 1 amide bonds. The zero-order chi connectivity index (χ0) is 20.9. The minimum atomic E-state index is -2.93. The molecule has 1 fully saturated rings. The number of aromatic nitrogens is 1.